The van der Waals surface area contributed by atoms with Crippen molar-refractivity contribution in [3.63, 3.8) is 0 Å². The van der Waals surface area contributed by atoms with E-state index >= 15 is 0 Å². The van der Waals surface area contributed by atoms with Crippen molar-refractivity contribution in [2.75, 3.05) is 0 Å². The smallest absolute Gasteiger partial charge is 0.150 e. The Labute approximate surface area is 86.4 Å². The van der Waals surface area contributed by atoms with Gasteiger partial charge in [-0.3, -0.25) is 9.78 Å². The first-order valence-corrected chi connectivity index (χ1v) is 4.47. The highest BCUT2D eigenvalue weighted by Gasteiger charge is 2.06. The molecule has 0 N–H and O–H groups in total. The van der Waals surface area contributed by atoms with Crippen LogP contribution in [0.3, 0.4) is 0 Å². The van der Waals surface area contributed by atoms with Gasteiger partial charge in [-0.05, 0) is 30.3 Å². The number of aldehydes is 1. The highest BCUT2D eigenvalue weighted by atomic mass is 19.1. The molecule has 1 aromatic carbocycles. The second kappa shape index (κ2) is 4.00. The molecule has 2 rings (SSSR count). The van der Waals surface area contributed by atoms with Crippen molar-refractivity contribution in [1.29, 1.82) is 0 Å². The SMILES string of the molecule is O=Cc1ccc(F)c(-c2ccccn2)c1. The lowest BCUT2D eigenvalue weighted by Gasteiger charge is -2.02. The van der Waals surface area contributed by atoms with Gasteiger partial charge in [0.1, 0.15) is 12.1 Å². The highest BCUT2D eigenvalue weighted by Crippen LogP contribution is 2.21. The number of halogens is 1. The predicted octanol–water partition coefficient (Wildman–Crippen LogP) is 2.70. The van der Waals surface area contributed by atoms with Crippen LogP contribution in [0.15, 0.2) is 42.6 Å². The number of benzene rings is 1. The zero-order chi connectivity index (χ0) is 10.7. The average molecular weight is 201 g/mol. The number of aromatic nitrogens is 1. The Hall–Kier alpha value is -2.03. The van der Waals surface area contributed by atoms with E-state index in [1.165, 1.54) is 18.2 Å². The fourth-order valence-corrected chi connectivity index (χ4v) is 1.33. The Morgan fingerprint density at radius 3 is 2.73 bits per heavy atom. The molecule has 0 unspecified atom stereocenters. The van der Waals surface area contributed by atoms with Gasteiger partial charge >= 0.3 is 0 Å². The van der Waals surface area contributed by atoms with E-state index in [9.17, 15) is 9.18 Å². The summed E-state index contributed by atoms with van der Waals surface area (Å²) < 4.78 is 13.4. The van der Waals surface area contributed by atoms with E-state index in [0.29, 0.717) is 23.1 Å². The number of hydrogen-bond donors (Lipinski definition) is 0. The highest BCUT2D eigenvalue weighted by molar-refractivity contribution is 5.78. The maximum absolute atomic E-state index is 13.4. The van der Waals surface area contributed by atoms with E-state index in [-0.39, 0.29) is 5.82 Å². The van der Waals surface area contributed by atoms with E-state index in [4.69, 9.17) is 0 Å². The first-order valence-electron chi connectivity index (χ1n) is 4.47. The number of carbonyl (C=O) groups is 1. The van der Waals surface area contributed by atoms with Crippen LogP contribution in [0.1, 0.15) is 10.4 Å². The number of rotatable bonds is 2. The first kappa shape index (κ1) is 9.52. The zero-order valence-corrected chi connectivity index (χ0v) is 7.85. The summed E-state index contributed by atoms with van der Waals surface area (Å²) in [6.07, 6.45) is 2.27. The summed E-state index contributed by atoms with van der Waals surface area (Å²) >= 11 is 0. The van der Waals surface area contributed by atoms with Crippen LogP contribution in [0.2, 0.25) is 0 Å². The molecule has 0 saturated heterocycles. The molecule has 0 amide bonds. The third-order valence-corrected chi connectivity index (χ3v) is 2.07. The first-order chi connectivity index (χ1) is 7.31. The lowest BCUT2D eigenvalue weighted by molar-refractivity contribution is 0.112. The second-order valence-electron chi connectivity index (χ2n) is 3.07. The van der Waals surface area contributed by atoms with E-state index in [0.717, 1.165) is 0 Å². The normalized spacial score (nSPS) is 9.93. The summed E-state index contributed by atoms with van der Waals surface area (Å²) in [6, 6.07) is 9.43. The molecule has 0 fully saturated rings. The summed E-state index contributed by atoms with van der Waals surface area (Å²) in [7, 11) is 0. The van der Waals surface area contributed by atoms with E-state index < -0.39 is 0 Å². The number of hydrogen-bond acceptors (Lipinski definition) is 2. The Bertz CT molecular complexity index is 482. The van der Waals surface area contributed by atoms with Gasteiger partial charge in [-0.15, -0.1) is 0 Å². The van der Waals surface area contributed by atoms with Crippen LogP contribution in [-0.4, -0.2) is 11.3 Å². The van der Waals surface area contributed by atoms with Crippen LogP contribution in [0, 0.1) is 5.82 Å². The second-order valence-corrected chi connectivity index (χ2v) is 3.07. The third-order valence-electron chi connectivity index (χ3n) is 2.07. The molecule has 0 bridgehead atoms. The Morgan fingerprint density at radius 1 is 1.20 bits per heavy atom. The van der Waals surface area contributed by atoms with Crippen molar-refractivity contribution in [2.24, 2.45) is 0 Å². The van der Waals surface area contributed by atoms with Gasteiger partial charge in [-0.2, -0.15) is 0 Å². The fourth-order valence-electron chi connectivity index (χ4n) is 1.33. The number of pyridine rings is 1. The Kier molecular flexibility index (Phi) is 2.54. The largest absolute Gasteiger partial charge is 0.298 e. The summed E-state index contributed by atoms with van der Waals surface area (Å²) in [5.41, 5.74) is 1.32. The molecule has 0 spiro atoms. The predicted molar refractivity (Wildman–Crippen MR) is 55.0 cm³/mol. The molecule has 2 aromatic rings. The van der Waals surface area contributed by atoms with Crippen LogP contribution in [0.4, 0.5) is 4.39 Å². The molecule has 1 heterocycles. The van der Waals surface area contributed by atoms with Crippen molar-refractivity contribution < 1.29 is 9.18 Å². The molecule has 2 nitrogen and oxygen atoms in total. The number of nitrogens with zero attached hydrogens (tertiary/aromatic N) is 1. The zero-order valence-electron chi connectivity index (χ0n) is 7.85. The van der Waals surface area contributed by atoms with Crippen molar-refractivity contribution in [3.05, 3.63) is 54.0 Å². The van der Waals surface area contributed by atoms with Gasteiger partial charge in [0.15, 0.2) is 0 Å². The minimum absolute atomic E-state index is 0.347. The van der Waals surface area contributed by atoms with Gasteiger partial charge in [0.2, 0.25) is 0 Å². The number of carbonyl (C=O) groups excluding carboxylic acids is 1. The fraction of sp³-hybridized carbons (Fsp3) is 0. The molecule has 3 heteroatoms. The molecular formula is C12H8FNO. The van der Waals surface area contributed by atoms with Gasteiger partial charge in [0, 0.05) is 17.3 Å². The Balaban J connectivity index is 2.57. The maximum Gasteiger partial charge on any atom is 0.150 e. The van der Waals surface area contributed by atoms with Crippen LogP contribution >= 0.6 is 0 Å². The summed E-state index contributed by atoms with van der Waals surface area (Å²) in [4.78, 5) is 14.6. The molecule has 0 radical (unpaired) electrons. The molecule has 0 atom stereocenters. The molecule has 1 aromatic heterocycles. The van der Waals surface area contributed by atoms with Gasteiger partial charge in [0.25, 0.3) is 0 Å². The van der Waals surface area contributed by atoms with Gasteiger partial charge in [-0.25, -0.2) is 4.39 Å². The molecular weight excluding hydrogens is 193 g/mol. The van der Waals surface area contributed by atoms with E-state index in [1.807, 2.05) is 0 Å². The van der Waals surface area contributed by atoms with Crippen molar-refractivity contribution in [2.45, 2.75) is 0 Å². The maximum atomic E-state index is 13.4. The molecule has 0 saturated carbocycles. The molecule has 0 aliphatic rings. The summed E-state index contributed by atoms with van der Waals surface area (Å²) in [6.45, 7) is 0. The minimum atomic E-state index is -0.376. The van der Waals surface area contributed by atoms with Gasteiger partial charge < -0.3 is 0 Å². The van der Waals surface area contributed by atoms with Crippen LogP contribution < -0.4 is 0 Å². The lowest BCUT2D eigenvalue weighted by Crippen LogP contribution is -1.89. The van der Waals surface area contributed by atoms with E-state index in [1.54, 1.807) is 24.4 Å². The van der Waals surface area contributed by atoms with Crippen LogP contribution in [-0.2, 0) is 0 Å². The third kappa shape index (κ3) is 1.91. The minimum Gasteiger partial charge on any atom is -0.298 e. The monoisotopic (exact) mass is 201 g/mol. The topological polar surface area (TPSA) is 30.0 Å². The van der Waals surface area contributed by atoms with Crippen LogP contribution in [0.5, 0.6) is 0 Å². The van der Waals surface area contributed by atoms with Gasteiger partial charge in [-0.1, -0.05) is 6.07 Å². The Morgan fingerprint density at radius 2 is 2.07 bits per heavy atom. The van der Waals surface area contributed by atoms with Crippen molar-refractivity contribution in [3.8, 4) is 11.3 Å². The molecule has 15 heavy (non-hydrogen) atoms. The summed E-state index contributed by atoms with van der Waals surface area (Å²) in [5, 5.41) is 0. The lowest BCUT2D eigenvalue weighted by atomic mass is 10.1. The molecule has 0 aliphatic carbocycles. The standard InChI is InChI=1S/C12H8FNO/c13-11-5-4-9(8-15)7-10(11)12-3-1-2-6-14-12/h1-8H. The van der Waals surface area contributed by atoms with Crippen molar-refractivity contribution in [1.82, 2.24) is 4.98 Å². The van der Waals surface area contributed by atoms with Crippen molar-refractivity contribution >= 4 is 6.29 Å². The molecule has 0 aliphatic heterocycles. The van der Waals surface area contributed by atoms with E-state index in [2.05, 4.69) is 4.98 Å². The summed E-state index contributed by atoms with van der Waals surface area (Å²) in [5.74, 6) is -0.376. The van der Waals surface area contributed by atoms with Crippen LogP contribution in [0.25, 0.3) is 11.3 Å². The van der Waals surface area contributed by atoms with Gasteiger partial charge in [0.05, 0.1) is 5.69 Å². The quantitative estimate of drug-likeness (QED) is 0.699. The average Bonchev–Trinajstić information content (AvgIpc) is 2.31. The molecule has 74 valence electrons.